The largest absolute Gasteiger partial charge is 0.497 e. The summed E-state index contributed by atoms with van der Waals surface area (Å²) in [4.78, 5) is 11.4. The number of hydrogen-bond donors (Lipinski definition) is 1. The second-order valence-electron chi connectivity index (χ2n) is 4.61. The molecule has 3 rings (SSSR count). The molecule has 1 N–H and O–H groups in total. The third-order valence-electron chi connectivity index (χ3n) is 3.40. The van der Waals surface area contributed by atoms with Gasteiger partial charge in [0.1, 0.15) is 5.75 Å². The van der Waals surface area contributed by atoms with E-state index in [-0.39, 0.29) is 12.3 Å². The topological polar surface area (TPSA) is 73.6 Å². The molecule has 1 aliphatic rings. The molecule has 0 spiro atoms. The predicted octanol–water partition coefficient (Wildman–Crippen LogP) is 2.41. The summed E-state index contributed by atoms with van der Waals surface area (Å²) in [6.07, 6.45) is 0.624. The number of fused-ring (bicyclic) bond motifs is 1. The second-order valence-corrected chi connectivity index (χ2v) is 5.47. The quantitative estimate of drug-likeness (QED) is 0.918. The number of nitrogens with zero attached hydrogens (tertiary/aromatic N) is 2. The Morgan fingerprint density at radius 3 is 3.05 bits per heavy atom. The van der Waals surface area contributed by atoms with Crippen LogP contribution in [0.3, 0.4) is 0 Å². The van der Waals surface area contributed by atoms with Crippen molar-refractivity contribution in [2.45, 2.75) is 13.0 Å². The van der Waals surface area contributed by atoms with Gasteiger partial charge in [-0.3, -0.25) is 0 Å². The molecule has 2 heterocycles. The monoisotopic (exact) mass is 352 g/mol. The summed E-state index contributed by atoms with van der Waals surface area (Å²) in [5, 5.41) is 13.6. The lowest BCUT2D eigenvalue weighted by Crippen LogP contribution is -2.14. The van der Waals surface area contributed by atoms with Crippen LogP contribution < -0.4 is 4.74 Å². The molecule has 0 saturated carbocycles. The lowest BCUT2D eigenvalue weighted by molar-refractivity contribution is 0.0677. The molecule has 1 aromatic carbocycles. The molecule has 1 aromatic heterocycles. The molecule has 0 unspecified atom stereocenters. The Morgan fingerprint density at radius 2 is 2.33 bits per heavy atom. The summed E-state index contributed by atoms with van der Waals surface area (Å²) in [7, 11) is 1.59. The van der Waals surface area contributed by atoms with Crippen molar-refractivity contribution < 1.29 is 19.4 Å². The minimum atomic E-state index is -1.05. The summed E-state index contributed by atoms with van der Waals surface area (Å²) in [5.74, 6) is -0.365. The standard InChI is InChI=1S/C14H13BrN2O4/c1-20-8-2-3-10(15)12(6-8)17-11-4-5-21-7-9(11)13(16-17)14(18)19/h2-3,6H,4-5,7H2,1H3,(H,18,19). The van der Waals surface area contributed by atoms with Gasteiger partial charge in [0.2, 0.25) is 0 Å². The second kappa shape index (κ2) is 5.50. The van der Waals surface area contributed by atoms with Gasteiger partial charge in [-0.05, 0) is 28.1 Å². The van der Waals surface area contributed by atoms with Crippen molar-refractivity contribution in [1.29, 1.82) is 0 Å². The Hall–Kier alpha value is -1.86. The maximum absolute atomic E-state index is 11.4. The molecule has 0 bridgehead atoms. The van der Waals surface area contributed by atoms with Gasteiger partial charge in [0, 0.05) is 22.5 Å². The van der Waals surface area contributed by atoms with Gasteiger partial charge in [-0.2, -0.15) is 5.10 Å². The molecule has 6 nitrogen and oxygen atoms in total. The van der Waals surface area contributed by atoms with E-state index in [1.165, 1.54) is 0 Å². The van der Waals surface area contributed by atoms with E-state index >= 15 is 0 Å². The first-order chi connectivity index (χ1) is 10.1. The van der Waals surface area contributed by atoms with Gasteiger partial charge in [0.05, 0.1) is 31.7 Å². The summed E-state index contributed by atoms with van der Waals surface area (Å²) in [6.45, 7) is 0.831. The molecule has 7 heteroatoms. The molecule has 21 heavy (non-hydrogen) atoms. The van der Waals surface area contributed by atoms with Crippen molar-refractivity contribution >= 4 is 21.9 Å². The molecule has 0 radical (unpaired) electrons. The minimum Gasteiger partial charge on any atom is -0.497 e. The van der Waals surface area contributed by atoms with Crippen molar-refractivity contribution in [3.05, 3.63) is 39.6 Å². The van der Waals surface area contributed by atoms with E-state index in [0.29, 0.717) is 24.3 Å². The molecule has 2 aromatic rings. The van der Waals surface area contributed by atoms with Gasteiger partial charge in [0.15, 0.2) is 5.69 Å². The fourth-order valence-corrected chi connectivity index (χ4v) is 2.80. The first-order valence-electron chi connectivity index (χ1n) is 6.37. The van der Waals surface area contributed by atoms with E-state index in [1.807, 2.05) is 18.2 Å². The smallest absolute Gasteiger partial charge is 0.356 e. The van der Waals surface area contributed by atoms with E-state index < -0.39 is 5.97 Å². The average molecular weight is 353 g/mol. The molecule has 0 fully saturated rings. The Labute approximate surface area is 129 Å². The molecule has 0 amide bonds. The van der Waals surface area contributed by atoms with Crippen LogP contribution in [0.5, 0.6) is 5.75 Å². The zero-order valence-electron chi connectivity index (χ0n) is 11.3. The SMILES string of the molecule is COc1ccc(Br)c(-n2nc(C(=O)O)c3c2CCOC3)c1. The van der Waals surface area contributed by atoms with Crippen LogP contribution in [0, 0.1) is 0 Å². The van der Waals surface area contributed by atoms with Crippen LogP contribution in [0.25, 0.3) is 5.69 Å². The van der Waals surface area contributed by atoms with Gasteiger partial charge in [0.25, 0.3) is 0 Å². The van der Waals surface area contributed by atoms with E-state index in [2.05, 4.69) is 21.0 Å². The van der Waals surface area contributed by atoms with Gasteiger partial charge in [-0.25, -0.2) is 9.48 Å². The Bertz CT molecular complexity index is 711. The van der Waals surface area contributed by atoms with Crippen LogP contribution in [-0.4, -0.2) is 34.6 Å². The van der Waals surface area contributed by atoms with Gasteiger partial charge >= 0.3 is 5.97 Å². The highest BCUT2D eigenvalue weighted by Gasteiger charge is 2.26. The average Bonchev–Trinajstić information content (AvgIpc) is 2.87. The first-order valence-corrected chi connectivity index (χ1v) is 7.17. The van der Waals surface area contributed by atoms with Crippen molar-refractivity contribution in [3.63, 3.8) is 0 Å². The summed E-state index contributed by atoms with van der Waals surface area (Å²) < 4.78 is 13.1. The lowest BCUT2D eigenvalue weighted by atomic mass is 10.1. The third-order valence-corrected chi connectivity index (χ3v) is 4.07. The number of carbonyl (C=O) groups is 1. The van der Waals surface area contributed by atoms with E-state index in [9.17, 15) is 9.90 Å². The summed E-state index contributed by atoms with van der Waals surface area (Å²) in [5.41, 5.74) is 2.30. The third kappa shape index (κ3) is 2.43. The number of rotatable bonds is 3. The van der Waals surface area contributed by atoms with Gasteiger partial charge in [-0.1, -0.05) is 0 Å². The lowest BCUT2D eigenvalue weighted by Gasteiger charge is -2.16. The number of ether oxygens (including phenoxy) is 2. The summed E-state index contributed by atoms with van der Waals surface area (Å²) in [6, 6.07) is 5.49. The highest BCUT2D eigenvalue weighted by Crippen LogP contribution is 2.30. The molecular formula is C14H13BrN2O4. The van der Waals surface area contributed by atoms with Crippen molar-refractivity contribution in [2.75, 3.05) is 13.7 Å². The number of carboxylic acids is 1. The van der Waals surface area contributed by atoms with Gasteiger partial charge in [-0.15, -0.1) is 0 Å². The fraction of sp³-hybridized carbons (Fsp3) is 0.286. The number of benzene rings is 1. The van der Waals surface area contributed by atoms with Crippen LogP contribution in [0.15, 0.2) is 22.7 Å². The van der Waals surface area contributed by atoms with Gasteiger partial charge < -0.3 is 14.6 Å². The highest BCUT2D eigenvalue weighted by molar-refractivity contribution is 9.10. The molecule has 0 atom stereocenters. The van der Waals surface area contributed by atoms with E-state index in [0.717, 1.165) is 15.9 Å². The predicted molar refractivity (Wildman–Crippen MR) is 78.1 cm³/mol. The number of carboxylic acid groups (broad SMARTS) is 1. The first kappa shape index (κ1) is 14.1. The van der Waals surface area contributed by atoms with Crippen LogP contribution in [-0.2, 0) is 17.8 Å². The van der Waals surface area contributed by atoms with E-state index in [4.69, 9.17) is 9.47 Å². The Balaban J connectivity index is 2.21. The highest BCUT2D eigenvalue weighted by atomic mass is 79.9. The number of aromatic carboxylic acids is 1. The van der Waals surface area contributed by atoms with E-state index in [1.54, 1.807) is 11.8 Å². The van der Waals surface area contributed by atoms with Crippen molar-refractivity contribution in [2.24, 2.45) is 0 Å². The molecule has 1 aliphatic heterocycles. The maximum atomic E-state index is 11.4. The summed E-state index contributed by atoms with van der Waals surface area (Å²) >= 11 is 3.48. The normalized spacial score (nSPS) is 13.8. The zero-order chi connectivity index (χ0) is 15.0. The number of methoxy groups -OCH3 is 1. The van der Waals surface area contributed by atoms with Crippen LogP contribution in [0.1, 0.15) is 21.7 Å². The number of halogens is 1. The Morgan fingerprint density at radius 1 is 1.52 bits per heavy atom. The molecule has 110 valence electrons. The Kier molecular flexibility index (Phi) is 3.69. The van der Waals surface area contributed by atoms with Crippen molar-refractivity contribution in [3.8, 4) is 11.4 Å². The minimum absolute atomic E-state index is 0.0411. The maximum Gasteiger partial charge on any atom is 0.356 e. The molecule has 0 saturated heterocycles. The molecular weight excluding hydrogens is 340 g/mol. The fourth-order valence-electron chi connectivity index (χ4n) is 2.39. The zero-order valence-corrected chi connectivity index (χ0v) is 12.9. The number of aromatic nitrogens is 2. The van der Waals surface area contributed by atoms with Crippen LogP contribution in [0.2, 0.25) is 0 Å². The van der Waals surface area contributed by atoms with Crippen LogP contribution >= 0.6 is 15.9 Å². The van der Waals surface area contributed by atoms with Crippen LogP contribution in [0.4, 0.5) is 0 Å². The van der Waals surface area contributed by atoms with Crippen molar-refractivity contribution in [1.82, 2.24) is 9.78 Å². The molecule has 0 aliphatic carbocycles. The number of hydrogen-bond acceptors (Lipinski definition) is 4.